The number of piperidine rings is 1. The Morgan fingerprint density at radius 2 is 2.07 bits per heavy atom. The van der Waals surface area contributed by atoms with Crippen molar-refractivity contribution >= 4 is 17.0 Å². The number of hydrogen-bond donors (Lipinski definition) is 3. The lowest BCUT2D eigenvalue weighted by molar-refractivity contribution is 0.0524. The Balaban J connectivity index is 1.52. The molecule has 2 saturated heterocycles. The minimum absolute atomic E-state index is 0.0133. The minimum Gasteiger partial charge on any atom is -0.497 e. The molecule has 27 heavy (non-hydrogen) atoms. The van der Waals surface area contributed by atoms with Crippen LogP contribution < -0.4 is 10.1 Å². The predicted molar refractivity (Wildman–Crippen MR) is 101 cm³/mol. The van der Waals surface area contributed by atoms with Gasteiger partial charge in [-0.15, -0.1) is 0 Å². The molecule has 7 heteroatoms. The number of nitrogens with zero attached hydrogens (tertiary/aromatic N) is 2. The molecule has 0 aliphatic carbocycles. The van der Waals surface area contributed by atoms with Crippen LogP contribution in [0.15, 0.2) is 30.5 Å². The molecule has 1 aromatic heterocycles. The maximum Gasteiger partial charge on any atom is 0.404 e. The van der Waals surface area contributed by atoms with Crippen molar-refractivity contribution in [3.63, 3.8) is 0 Å². The lowest BCUT2D eigenvalue weighted by Gasteiger charge is -2.39. The maximum absolute atomic E-state index is 11.0. The third-order valence-electron chi connectivity index (χ3n) is 5.94. The quantitative estimate of drug-likeness (QED) is 0.748. The van der Waals surface area contributed by atoms with Gasteiger partial charge in [-0.1, -0.05) is 0 Å². The second kappa shape index (κ2) is 7.32. The second-order valence-corrected chi connectivity index (χ2v) is 7.50. The number of aliphatic hydroxyl groups excluding tert-OH is 1. The van der Waals surface area contributed by atoms with Gasteiger partial charge in [0, 0.05) is 36.3 Å². The van der Waals surface area contributed by atoms with Crippen molar-refractivity contribution in [1.82, 2.24) is 15.2 Å². The summed E-state index contributed by atoms with van der Waals surface area (Å²) in [5, 5.41) is 23.5. The molecular formula is C20H25N3O4. The largest absolute Gasteiger partial charge is 0.497 e. The number of hydrogen-bond acceptors (Lipinski definition) is 5. The monoisotopic (exact) mass is 371 g/mol. The Labute approximate surface area is 158 Å². The molecule has 7 nitrogen and oxygen atoms in total. The summed E-state index contributed by atoms with van der Waals surface area (Å²) in [6.07, 6.45) is 3.87. The fraction of sp³-hybridized carbons (Fsp3) is 0.500. The molecule has 0 saturated carbocycles. The summed E-state index contributed by atoms with van der Waals surface area (Å²) in [5.74, 6) is 0.740. The van der Waals surface area contributed by atoms with E-state index >= 15 is 0 Å². The second-order valence-electron chi connectivity index (χ2n) is 7.50. The first-order chi connectivity index (χ1) is 13.0. The number of carbonyl (C=O) groups is 1. The molecular weight excluding hydrogens is 346 g/mol. The Bertz CT molecular complexity index is 829. The molecule has 1 aromatic carbocycles. The van der Waals surface area contributed by atoms with Crippen LogP contribution in [0.2, 0.25) is 0 Å². The molecule has 2 aromatic rings. The molecule has 2 fully saturated rings. The van der Waals surface area contributed by atoms with Crippen LogP contribution in [-0.4, -0.2) is 58.0 Å². The van der Waals surface area contributed by atoms with Gasteiger partial charge in [0.2, 0.25) is 0 Å². The van der Waals surface area contributed by atoms with Crippen LogP contribution in [0.1, 0.15) is 37.4 Å². The molecule has 144 valence electrons. The van der Waals surface area contributed by atoms with Crippen molar-refractivity contribution in [2.75, 3.05) is 13.7 Å². The van der Waals surface area contributed by atoms with Gasteiger partial charge in [0.15, 0.2) is 0 Å². The van der Waals surface area contributed by atoms with Crippen LogP contribution in [0.4, 0.5) is 4.79 Å². The summed E-state index contributed by atoms with van der Waals surface area (Å²) in [4.78, 5) is 17.7. The highest BCUT2D eigenvalue weighted by Gasteiger charge is 2.41. The predicted octanol–water partition coefficient (Wildman–Crippen LogP) is 2.54. The zero-order valence-corrected chi connectivity index (χ0v) is 15.3. The van der Waals surface area contributed by atoms with Gasteiger partial charge in [-0.05, 0) is 55.5 Å². The third-order valence-corrected chi connectivity index (χ3v) is 5.94. The van der Waals surface area contributed by atoms with E-state index in [-0.39, 0.29) is 6.04 Å². The van der Waals surface area contributed by atoms with Gasteiger partial charge >= 0.3 is 6.09 Å². The average Bonchev–Trinajstić information content (AvgIpc) is 2.88. The van der Waals surface area contributed by atoms with Gasteiger partial charge in [-0.2, -0.15) is 0 Å². The number of rotatable bonds is 5. The molecule has 2 aliphatic rings. The van der Waals surface area contributed by atoms with E-state index in [0.29, 0.717) is 18.6 Å². The Morgan fingerprint density at radius 1 is 1.33 bits per heavy atom. The molecule has 0 radical (unpaired) electrons. The van der Waals surface area contributed by atoms with Crippen molar-refractivity contribution in [2.24, 2.45) is 0 Å². The van der Waals surface area contributed by atoms with Crippen molar-refractivity contribution in [3.05, 3.63) is 36.0 Å². The number of nitrogens with one attached hydrogen (secondary N) is 1. The van der Waals surface area contributed by atoms with Gasteiger partial charge in [0.1, 0.15) is 5.75 Å². The van der Waals surface area contributed by atoms with Crippen molar-refractivity contribution in [1.29, 1.82) is 0 Å². The average molecular weight is 371 g/mol. The van der Waals surface area contributed by atoms with E-state index in [4.69, 9.17) is 9.84 Å². The van der Waals surface area contributed by atoms with Gasteiger partial charge in [0.25, 0.3) is 0 Å². The normalized spacial score (nSPS) is 26.1. The number of pyridine rings is 1. The van der Waals surface area contributed by atoms with E-state index < -0.39 is 12.2 Å². The lowest BCUT2D eigenvalue weighted by atomic mass is 9.95. The number of aromatic nitrogens is 1. The molecule has 3 N–H and O–H groups in total. The SMILES string of the molecule is COc1ccc2nccc(C(O)CN3C4CCC3CC(NC(=O)O)C4)c2c1. The third kappa shape index (κ3) is 3.57. The van der Waals surface area contributed by atoms with Crippen molar-refractivity contribution < 1.29 is 19.7 Å². The van der Waals surface area contributed by atoms with E-state index in [1.165, 1.54) is 0 Å². The molecule has 3 heterocycles. The first-order valence-electron chi connectivity index (χ1n) is 9.41. The maximum atomic E-state index is 11.0. The van der Waals surface area contributed by atoms with Crippen LogP contribution in [0, 0.1) is 0 Å². The first kappa shape index (κ1) is 18.0. The van der Waals surface area contributed by atoms with Gasteiger partial charge < -0.3 is 20.3 Å². The number of fused-ring (bicyclic) bond motifs is 3. The highest BCUT2D eigenvalue weighted by Crippen LogP contribution is 2.37. The molecule has 2 aliphatic heterocycles. The van der Waals surface area contributed by atoms with Crippen LogP contribution in [0.5, 0.6) is 5.75 Å². The van der Waals surface area contributed by atoms with Gasteiger partial charge in [-0.25, -0.2) is 4.79 Å². The van der Waals surface area contributed by atoms with E-state index in [1.807, 2.05) is 24.3 Å². The molecule has 2 bridgehead atoms. The van der Waals surface area contributed by atoms with Crippen LogP contribution >= 0.6 is 0 Å². The van der Waals surface area contributed by atoms with Crippen LogP contribution in [0.25, 0.3) is 10.9 Å². The summed E-state index contributed by atoms with van der Waals surface area (Å²) in [7, 11) is 1.63. The van der Waals surface area contributed by atoms with Crippen LogP contribution in [-0.2, 0) is 0 Å². The zero-order chi connectivity index (χ0) is 19.0. The highest BCUT2D eigenvalue weighted by molar-refractivity contribution is 5.83. The fourth-order valence-electron chi connectivity index (χ4n) is 4.73. The summed E-state index contributed by atoms with van der Waals surface area (Å²) in [6.45, 7) is 0.547. The van der Waals surface area contributed by atoms with E-state index in [9.17, 15) is 9.90 Å². The summed E-state index contributed by atoms with van der Waals surface area (Å²) < 4.78 is 5.32. The number of carboxylic acid groups (broad SMARTS) is 1. The van der Waals surface area contributed by atoms with E-state index in [2.05, 4.69) is 15.2 Å². The fourth-order valence-corrected chi connectivity index (χ4v) is 4.73. The molecule has 3 atom stereocenters. The molecule has 3 unspecified atom stereocenters. The number of benzene rings is 1. The molecule has 0 spiro atoms. The first-order valence-corrected chi connectivity index (χ1v) is 9.41. The van der Waals surface area contributed by atoms with E-state index in [1.54, 1.807) is 13.3 Å². The Kier molecular flexibility index (Phi) is 4.88. The Morgan fingerprint density at radius 3 is 2.74 bits per heavy atom. The van der Waals surface area contributed by atoms with Crippen molar-refractivity contribution in [3.8, 4) is 5.75 Å². The lowest BCUT2D eigenvalue weighted by Crippen LogP contribution is -2.51. The standard InChI is InChI=1S/C20H25N3O4/c1-27-15-4-5-18-17(10-15)16(6-7-21-18)19(24)11-23-13-2-3-14(23)9-12(8-13)22-20(25)26/h4-7,10,12-14,19,22,24H,2-3,8-9,11H2,1H3,(H,25,26). The van der Waals surface area contributed by atoms with Crippen LogP contribution in [0.3, 0.4) is 0 Å². The smallest absolute Gasteiger partial charge is 0.404 e. The van der Waals surface area contributed by atoms with Gasteiger partial charge in [-0.3, -0.25) is 9.88 Å². The molecule has 4 rings (SSSR count). The summed E-state index contributed by atoms with van der Waals surface area (Å²) in [5.41, 5.74) is 1.68. The van der Waals surface area contributed by atoms with Gasteiger partial charge in [0.05, 0.1) is 18.7 Å². The molecule has 1 amide bonds. The topological polar surface area (TPSA) is 94.9 Å². The number of amides is 1. The van der Waals surface area contributed by atoms with Crippen molar-refractivity contribution in [2.45, 2.75) is 49.9 Å². The summed E-state index contributed by atoms with van der Waals surface area (Å²) >= 11 is 0. The number of ether oxygens (including phenoxy) is 1. The minimum atomic E-state index is -0.954. The number of methoxy groups -OCH3 is 1. The number of aliphatic hydroxyl groups is 1. The highest BCUT2D eigenvalue weighted by atomic mass is 16.5. The summed E-state index contributed by atoms with van der Waals surface area (Å²) in [6, 6.07) is 8.20. The van der Waals surface area contributed by atoms with E-state index in [0.717, 1.165) is 47.9 Å². The Hall–Kier alpha value is -2.38. The zero-order valence-electron chi connectivity index (χ0n) is 15.3.